The quantitative estimate of drug-likeness (QED) is 0.896. The lowest BCUT2D eigenvalue weighted by Gasteiger charge is -2.06. The number of carbonyl (C=O) groups is 1. The molecular formula is C11H10BrN3O3. The van der Waals surface area contributed by atoms with E-state index in [1.807, 2.05) is 6.07 Å². The smallest absolute Gasteiger partial charge is 0.395 e. The van der Waals surface area contributed by atoms with Gasteiger partial charge in [0.25, 0.3) is 0 Å². The minimum absolute atomic E-state index is 0.130. The van der Waals surface area contributed by atoms with E-state index in [-0.39, 0.29) is 19.0 Å². The minimum Gasteiger partial charge on any atom is -0.395 e. The van der Waals surface area contributed by atoms with E-state index < -0.39 is 6.09 Å². The standard InChI is InChI=1S/C11H10BrN3O3/c12-7-1-2-9-8(5-7)10(15-6-14-9)18-11(17)13-3-4-16/h1-2,5-6,16H,3-4H2,(H,13,17). The Kier molecular flexibility index (Phi) is 4.06. The molecule has 0 aliphatic rings. The Morgan fingerprint density at radius 1 is 1.44 bits per heavy atom. The summed E-state index contributed by atoms with van der Waals surface area (Å²) in [5.41, 5.74) is 0.679. The summed E-state index contributed by atoms with van der Waals surface area (Å²) in [5, 5.41) is 11.6. The molecule has 1 heterocycles. The molecule has 1 amide bonds. The predicted molar refractivity (Wildman–Crippen MR) is 68.4 cm³/mol. The van der Waals surface area contributed by atoms with E-state index in [2.05, 4.69) is 31.2 Å². The molecule has 2 N–H and O–H groups in total. The molecular weight excluding hydrogens is 302 g/mol. The molecule has 1 aromatic carbocycles. The highest BCUT2D eigenvalue weighted by Crippen LogP contribution is 2.24. The third kappa shape index (κ3) is 2.93. The second kappa shape index (κ2) is 5.74. The number of hydrogen-bond acceptors (Lipinski definition) is 5. The van der Waals surface area contributed by atoms with Crippen molar-refractivity contribution in [1.29, 1.82) is 0 Å². The largest absolute Gasteiger partial charge is 0.414 e. The van der Waals surface area contributed by atoms with Gasteiger partial charge in [-0.05, 0) is 18.2 Å². The summed E-state index contributed by atoms with van der Waals surface area (Å²) >= 11 is 3.33. The van der Waals surface area contributed by atoms with Gasteiger partial charge >= 0.3 is 6.09 Å². The molecule has 6 nitrogen and oxygen atoms in total. The lowest BCUT2D eigenvalue weighted by molar-refractivity contribution is 0.194. The molecule has 2 rings (SSSR count). The molecule has 0 bridgehead atoms. The lowest BCUT2D eigenvalue weighted by atomic mass is 10.2. The Morgan fingerprint density at radius 3 is 3.06 bits per heavy atom. The van der Waals surface area contributed by atoms with Crippen molar-refractivity contribution in [3.63, 3.8) is 0 Å². The molecule has 0 spiro atoms. The summed E-state index contributed by atoms with van der Waals surface area (Å²) in [6.07, 6.45) is 0.661. The van der Waals surface area contributed by atoms with Gasteiger partial charge in [0, 0.05) is 11.0 Å². The zero-order valence-corrected chi connectivity index (χ0v) is 10.8. The average molecular weight is 312 g/mol. The van der Waals surface area contributed by atoms with E-state index in [0.717, 1.165) is 4.47 Å². The van der Waals surface area contributed by atoms with Crippen LogP contribution in [0.4, 0.5) is 4.79 Å². The Balaban J connectivity index is 2.27. The van der Waals surface area contributed by atoms with Crippen LogP contribution in [0.2, 0.25) is 0 Å². The van der Waals surface area contributed by atoms with Gasteiger partial charge in [0.15, 0.2) is 0 Å². The van der Waals surface area contributed by atoms with Crippen LogP contribution in [-0.2, 0) is 0 Å². The van der Waals surface area contributed by atoms with Gasteiger partial charge in [0.1, 0.15) is 6.33 Å². The molecule has 0 fully saturated rings. The lowest BCUT2D eigenvalue weighted by Crippen LogP contribution is -2.29. The predicted octanol–water partition coefficient (Wildman–Crippen LogP) is 1.47. The van der Waals surface area contributed by atoms with E-state index in [1.54, 1.807) is 12.1 Å². The van der Waals surface area contributed by atoms with E-state index in [1.165, 1.54) is 6.33 Å². The van der Waals surface area contributed by atoms with Crippen molar-refractivity contribution in [3.8, 4) is 5.88 Å². The van der Waals surface area contributed by atoms with Gasteiger partial charge in [-0.3, -0.25) is 0 Å². The second-order valence-corrected chi connectivity index (χ2v) is 4.30. The van der Waals surface area contributed by atoms with Crippen molar-refractivity contribution in [2.75, 3.05) is 13.2 Å². The molecule has 18 heavy (non-hydrogen) atoms. The first kappa shape index (κ1) is 12.7. The Hall–Kier alpha value is -1.73. The number of amides is 1. The maximum absolute atomic E-state index is 11.4. The molecule has 0 aliphatic carbocycles. The van der Waals surface area contributed by atoms with Gasteiger partial charge in [-0.1, -0.05) is 15.9 Å². The Morgan fingerprint density at radius 2 is 2.28 bits per heavy atom. The zero-order chi connectivity index (χ0) is 13.0. The normalized spacial score (nSPS) is 10.3. The van der Waals surface area contributed by atoms with Crippen LogP contribution in [0.1, 0.15) is 0 Å². The van der Waals surface area contributed by atoms with Crippen LogP contribution in [0.5, 0.6) is 5.88 Å². The fourth-order valence-corrected chi connectivity index (χ4v) is 1.73. The number of nitrogens with zero attached hydrogens (tertiary/aromatic N) is 2. The number of benzene rings is 1. The summed E-state index contributed by atoms with van der Waals surface area (Å²) < 4.78 is 5.89. The minimum atomic E-state index is -0.663. The molecule has 1 aromatic heterocycles. The maximum atomic E-state index is 11.4. The molecule has 2 aromatic rings. The summed E-state index contributed by atoms with van der Waals surface area (Å²) in [4.78, 5) is 19.4. The highest BCUT2D eigenvalue weighted by Gasteiger charge is 2.09. The average Bonchev–Trinajstić information content (AvgIpc) is 2.37. The van der Waals surface area contributed by atoms with Crippen molar-refractivity contribution in [2.45, 2.75) is 0 Å². The first-order valence-corrected chi connectivity index (χ1v) is 5.97. The van der Waals surface area contributed by atoms with Gasteiger partial charge in [-0.2, -0.15) is 0 Å². The van der Waals surface area contributed by atoms with Crippen molar-refractivity contribution >= 4 is 32.9 Å². The number of aromatic nitrogens is 2. The monoisotopic (exact) mass is 311 g/mol. The number of nitrogens with one attached hydrogen (secondary N) is 1. The SMILES string of the molecule is O=C(NCCO)Oc1ncnc2ccc(Br)cc12. The van der Waals surface area contributed by atoms with Gasteiger partial charge in [0.05, 0.1) is 17.5 Å². The summed E-state index contributed by atoms with van der Waals surface area (Å²) in [5.74, 6) is 0.178. The first-order valence-electron chi connectivity index (χ1n) is 5.17. The Bertz CT molecular complexity index is 576. The molecule has 0 unspecified atom stereocenters. The number of rotatable bonds is 3. The van der Waals surface area contributed by atoms with Crippen molar-refractivity contribution in [3.05, 3.63) is 29.0 Å². The van der Waals surface area contributed by atoms with E-state index in [0.29, 0.717) is 10.9 Å². The summed E-state index contributed by atoms with van der Waals surface area (Å²) in [6, 6.07) is 5.40. The van der Waals surface area contributed by atoms with Crippen molar-refractivity contribution < 1.29 is 14.6 Å². The number of halogens is 1. The van der Waals surface area contributed by atoms with E-state index in [4.69, 9.17) is 9.84 Å². The highest BCUT2D eigenvalue weighted by atomic mass is 79.9. The van der Waals surface area contributed by atoms with E-state index in [9.17, 15) is 4.79 Å². The van der Waals surface area contributed by atoms with Crippen LogP contribution in [0, 0.1) is 0 Å². The van der Waals surface area contributed by atoms with Gasteiger partial charge < -0.3 is 15.2 Å². The molecule has 0 saturated heterocycles. The van der Waals surface area contributed by atoms with Crippen LogP contribution >= 0.6 is 15.9 Å². The number of hydrogen-bond donors (Lipinski definition) is 2. The van der Waals surface area contributed by atoms with Gasteiger partial charge in [-0.15, -0.1) is 0 Å². The first-order chi connectivity index (χ1) is 8.70. The van der Waals surface area contributed by atoms with Crippen molar-refractivity contribution in [1.82, 2.24) is 15.3 Å². The molecule has 0 atom stereocenters. The van der Waals surface area contributed by atoms with Crippen LogP contribution in [0.3, 0.4) is 0 Å². The molecule has 94 valence electrons. The van der Waals surface area contributed by atoms with E-state index >= 15 is 0 Å². The van der Waals surface area contributed by atoms with Crippen LogP contribution in [0.15, 0.2) is 29.0 Å². The Labute approximate surface area is 111 Å². The number of aliphatic hydroxyl groups is 1. The van der Waals surface area contributed by atoms with Crippen LogP contribution < -0.4 is 10.1 Å². The van der Waals surface area contributed by atoms with Crippen LogP contribution in [0.25, 0.3) is 10.9 Å². The highest BCUT2D eigenvalue weighted by molar-refractivity contribution is 9.10. The molecule has 0 aliphatic heterocycles. The third-order valence-electron chi connectivity index (χ3n) is 2.13. The van der Waals surface area contributed by atoms with Gasteiger partial charge in [0.2, 0.25) is 5.88 Å². The number of carbonyl (C=O) groups excluding carboxylic acids is 1. The zero-order valence-electron chi connectivity index (χ0n) is 9.26. The maximum Gasteiger partial charge on any atom is 0.414 e. The van der Waals surface area contributed by atoms with Crippen LogP contribution in [-0.4, -0.2) is 34.3 Å². The summed E-state index contributed by atoms with van der Waals surface area (Å²) in [6.45, 7) is -0.0171. The number of ether oxygens (including phenoxy) is 1. The van der Waals surface area contributed by atoms with Crippen molar-refractivity contribution in [2.24, 2.45) is 0 Å². The molecule has 7 heteroatoms. The van der Waals surface area contributed by atoms with Gasteiger partial charge in [-0.25, -0.2) is 14.8 Å². The summed E-state index contributed by atoms with van der Waals surface area (Å²) in [7, 11) is 0. The number of fused-ring (bicyclic) bond motifs is 1. The second-order valence-electron chi connectivity index (χ2n) is 3.38. The third-order valence-corrected chi connectivity index (χ3v) is 2.62. The fraction of sp³-hybridized carbons (Fsp3) is 0.182. The fourth-order valence-electron chi connectivity index (χ4n) is 1.37. The molecule has 0 radical (unpaired) electrons. The molecule has 0 saturated carbocycles. The topological polar surface area (TPSA) is 84.3 Å². The number of aliphatic hydroxyl groups excluding tert-OH is 1.